The smallest absolute Gasteiger partial charge is 0.240 e. The Balaban J connectivity index is 2.25. The van der Waals surface area contributed by atoms with Crippen molar-refractivity contribution in [1.82, 2.24) is 10.2 Å². The quantitative estimate of drug-likeness (QED) is 0.750. The number of rotatable bonds is 4. The summed E-state index contributed by atoms with van der Waals surface area (Å²) in [7, 11) is 0. The van der Waals surface area contributed by atoms with E-state index in [-0.39, 0.29) is 13.0 Å². The molecule has 0 aliphatic carbocycles. The molecule has 0 spiro atoms. The minimum atomic E-state index is -2.27. The minimum Gasteiger partial charge on any atom is -0.368 e. The van der Waals surface area contributed by atoms with Crippen molar-refractivity contribution >= 4 is 5.82 Å². The molecular weight excluding hydrogens is 164 g/mol. The van der Waals surface area contributed by atoms with E-state index < -0.39 is 6.43 Å². The van der Waals surface area contributed by atoms with Crippen molar-refractivity contribution in [1.29, 1.82) is 0 Å². The Bertz CT molecular complexity index is 215. The molecule has 0 atom stereocenters. The Labute approximate surface area is 68.8 Å². The Morgan fingerprint density at radius 1 is 1.50 bits per heavy atom. The molecule has 0 aromatic carbocycles. The van der Waals surface area contributed by atoms with Crippen LogP contribution in [0.1, 0.15) is 6.42 Å². The van der Waals surface area contributed by atoms with E-state index in [9.17, 15) is 8.78 Å². The number of halogens is 2. The molecule has 0 radical (unpaired) electrons. The van der Waals surface area contributed by atoms with Gasteiger partial charge in [0.15, 0.2) is 0 Å². The highest BCUT2D eigenvalue weighted by atomic mass is 19.3. The monoisotopic (exact) mass is 173 g/mol. The van der Waals surface area contributed by atoms with Crippen LogP contribution in [0.2, 0.25) is 0 Å². The third kappa shape index (κ3) is 3.23. The molecule has 0 amide bonds. The van der Waals surface area contributed by atoms with Gasteiger partial charge in [-0.2, -0.15) is 5.10 Å². The van der Waals surface area contributed by atoms with E-state index in [0.29, 0.717) is 5.82 Å². The van der Waals surface area contributed by atoms with Gasteiger partial charge < -0.3 is 5.32 Å². The predicted molar refractivity (Wildman–Crippen MR) is 41.1 cm³/mol. The van der Waals surface area contributed by atoms with Crippen LogP contribution in [0.5, 0.6) is 0 Å². The Morgan fingerprint density at radius 2 is 2.33 bits per heavy atom. The minimum absolute atomic E-state index is 0.170. The summed E-state index contributed by atoms with van der Waals surface area (Å²) in [5.41, 5.74) is 0. The van der Waals surface area contributed by atoms with Crippen molar-refractivity contribution < 1.29 is 8.78 Å². The molecule has 0 fully saturated rings. The van der Waals surface area contributed by atoms with E-state index in [1.165, 1.54) is 6.20 Å². The van der Waals surface area contributed by atoms with Gasteiger partial charge in [-0.05, 0) is 12.1 Å². The summed E-state index contributed by atoms with van der Waals surface area (Å²) in [4.78, 5) is 0. The topological polar surface area (TPSA) is 37.8 Å². The van der Waals surface area contributed by atoms with Crippen LogP contribution in [0, 0.1) is 0 Å². The second-order valence-corrected chi connectivity index (χ2v) is 2.22. The summed E-state index contributed by atoms with van der Waals surface area (Å²) in [6, 6.07) is 3.37. The van der Waals surface area contributed by atoms with Gasteiger partial charge in [-0.15, -0.1) is 5.10 Å². The average Bonchev–Trinajstić information content (AvgIpc) is 2.05. The van der Waals surface area contributed by atoms with Crippen molar-refractivity contribution in [3.05, 3.63) is 18.3 Å². The molecule has 0 saturated carbocycles. The van der Waals surface area contributed by atoms with Gasteiger partial charge in [-0.25, -0.2) is 8.78 Å². The Morgan fingerprint density at radius 3 is 2.92 bits per heavy atom. The van der Waals surface area contributed by atoms with Crippen molar-refractivity contribution in [2.75, 3.05) is 11.9 Å². The Kier molecular flexibility index (Phi) is 3.37. The molecule has 1 aromatic rings. The molecule has 3 nitrogen and oxygen atoms in total. The van der Waals surface area contributed by atoms with Gasteiger partial charge in [-0.1, -0.05) is 0 Å². The summed E-state index contributed by atoms with van der Waals surface area (Å²) in [6.07, 6.45) is -0.913. The van der Waals surface area contributed by atoms with Crippen LogP contribution >= 0.6 is 0 Å². The van der Waals surface area contributed by atoms with Gasteiger partial charge in [0.2, 0.25) is 6.43 Å². The molecule has 0 unspecified atom stereocenters. The van der Waals surface area contributed by atoms with Crippen molar-refractivity contribution in [3.8, 4) is 0 Å². The highest BCUT2D eigenvalue weighted by molar-refractivity contribution is 5.30. The lowest BCUT2D eigenvalue weighted by atomic mass is 10.4. The molecule has 1 N–H and O–H groups in total. The predicted octanol–water partition coefficient (Wildman–Crippen LogP) is 1.54. The largest absolute Gasteiger partial charge is 0.368 e. The first-order chi connectivity index (χ1) is 5.79. The van der Waals surface area contributed by atoms with E-state index in [0.717, 1.165) is 0 Å². The Hall–Kier alpha value is -1.26. The highest BCUT2D eigenvalue weighted by Gasteiger charge is 2.00. The lowest BCUT2D eigenvalue weighted by molar-refractivity contribution is 0.142. The lowest BCUT2D eigenvalue weighted by Gasteiger charge is -2.02. The molecule has 0 aliphatic heterocycles. The molecule has 1 heterocycles. The van der Waals surface area contributed by atoms with E-state index in [2.05, 4.69) is 15.5 Å². The molecule has 1 rings (SSSR count). The van der Waals surface area contributed by atoms with E-state index in [1.54, 1.807) is 12.1 Å². The maximum absolute atomic E-state index is 11.7. The van der Waals surface area contributed by atoms with Crippen LogP contribution in [0.15, 0.2) is 18.3 Å². The second kappa shape index (κ2) is 4.58. The molecule has 66 valence electrons. The molecule has 0 saturated heterocycles. The molecule has 0 aliphatic rings. The number of aromatic nitrogens is 2. The van der Waals surface area contributed by atoms with Gasteiger partial charge in [0, 0.05) is 19.2 Å². The number of alkyl halides is 2. The van der Waals surface area contributed by atoms with E-state index >= 15 is 0 Å². The fourth-order valence-corrected chi connectivity index (χ4v) is 0.705. The van der Waals surface area contributed by atoms with Crippen LogP contribution in [0.25, 0.3) is 0 Å². The zero-order valence-electron chi connectivity index (χ0n) is 6.37. The molecule has 5 heteroatoms. The first kappa shape index (κ1) is 8.83. The number of nitrogens with zero attached hydrogens (tertiary/aromatic N) is 2. The maximum atomic E-state index is 11.7. The summed E-state index contributed by atoms with van der Waals surface area (Å²) in [6.45, 7) is 0.219. The highest BCUT2D eigenvalue weighted by Crippen LogP contribution is 2.01. The number of hydrogen-bond acceptors (Lipinski definition) is 3. The van der Waals surface area contributed by atoms with Crippen molar-refractivity contribution in [2.45, 2.75) is 12.8 Å². The summed E-state index contributed by atoms with van der Waals surface area (Å²) < 4.78 is 23.3. The van der Waals surface area contributed by atoms with E-state index in [1.807, 2.05) is 0 Å². The zero-order valence-corrected chi connectivity index (χ0v) is 6.37. The molecule has 12 heavy (non-hydrogen) atoms. The first-order valence-electron chi connectivity index (χ1n) is 3.59. The molecule has 0 bridgehead atoms. The van der Waals surface area contributed by atoms with Crippen LogP contribution in [-0.4, -0.2) is 23.2 Å². The van der Waals surface area contributed by atoms with Gasteiger partial charge in [-0.3, -0.25) is 0 Å². The van der Waals surface area contributed by atoms with Gasteiger partial charge >= 0.3 is 0 Å². The van der Waals surface area contributed by atoms with Gasteiger partial charge in [0.25, 0.3) is 0 Å². The number of hydrogen-bond donors (Lipinski definition) is 1. The van der Waals surface area contributed by atoms with Crippen molar-refractivity contribution in [2.24, 2.45) is 0 Å². The summed E-state index contributed by atoms with van der Waals surface area (Å²) in [5.74, 6) is 0.526. The van der Waals surface area contributed by atoms with Crippen LogP contribution in [-0.2, 0) is 0 Å². The molecular formula is C7H9F2N3. The fourth-order valence-electron chi connectivity index (χ4n) is 0.705. The second-order valence-electron chi connectivity index (χ2n) is 2.22. The summed E-state index contributed by atoms with van der Waals surface area (Å²) >= 11 is 0. The zero-order chi connectivity index (χ0) is 8.81. The fraction of sp³-hybridized carbons (Fsp3) is 0.429. The lowest BCUT2D eigenvalue weighted by Crippen LogP contribution is -2.07. The SMILES string of the molecule is FC(F)CCNc1cccnn1. The average molecular weight is 173 g/mol. The normalized spacial score (nSPS) is 10.2. The van der Waals surface area contributed by atoms with E-state index in [4.69, 9.17) is 0 Å². The third-order valence-corrected chi connectivity index (χ3v) is 1.24. The first-order valence-corrected chi connectivity index (χ1v) is 3.59. The van der Waals surface area contributed by atoms with Crippen LogP contribution < -0.4 is 5.32 Å². The van der Waals surface area contributed by atoms with Crippen molar-refractivity contribution in [3.63, 3.8) is 0 Å². The van der Waals surface area contributed by atoms with Gasteiger partial charge in [0.05, 0.1) is 0 Å². The maximum Gasteiger partial charge on any atom is 0.240 e. The van der Waals surface area contributed by atoms with Gasteiger partial charge in [0.1, 0.15) is 5.82 Å². The number of nitrogens with one attached hydrogen (secondary N) is 1. The van der Waals surface area contributed by atoms with Crippen LogP contribution in [0.3, 0.4) is 0 Å². The standard InChI is InChI=1S/C7H9F2N3/c8-6(9)3-5-10-7-2-1-4-11-12-7/h1-2,4,6H,3,5H2,(H,10,12). The third-order valence-electron chi connectivity index (χ3n) is 1.24. The van der Waals surface area contributed by atoms with Crippen LogP contribution in [0.4, 0.5) is 14.6 Å². The number of anilines is 1. The summed E-state index contributed by atoms with van der Waals surface area (Å²) in [5, 5.41) is 9.97. The molecule has 1 aromatic heterocycles.